The largest absolute Gasteiger partial charge is 0.351 e. The van der Waals surface area contributed by atoms with Crippen molar-refractivity contribution in [3.05, 3.63) is 70.7 Å². The molecule has 3 aromatic rings. The van der Waals surface area contributed by atoms with Crippen LogP contribution in [0.3, 0.4) is 0 Å². The third-order valence-electron chi connectivity index (χ3n) is 5.20. The normalized spacial score (nSPS) is 13.7. The van der Waals surface area contributed by atoms with Crippen LogP contribution in [0.1, 0.15) is 12.0 Å². The maximum atomic E-state index is 12.8. The second-order valence-electron chi connectivity index (χ2n) is 7.09. The highest BCUT2D eigenvalue weighted by Crippen LogP contribution is 2.30. The molecule has 31 heavy (non-hydrogen) atoms. The minimum absolute atomic E-state index is 0. The summed E-state index contributed by atoms with van der Waals surface area (Å²) in [5.74, 6) is 0.513. The minimum Gasteiger partial charge on any atom is -0.327 e. The van der Waals surface area contributed by atoms with Crippen molar-refractivity contribution in [1.29, 1.82) is 0 Å². The van der Waals surface area contributed by atoms with Crippen molar-refractivity contribution in [1.82, 2.24) is 19.3 Å². The molecule has 1 aliphatic rings. The summed E-state index contributed by atoms with van der Waals surface area (Å²) in [6.07, 6.45) is 2.91. The zero-order valence-electron chi connectivity index (χ0n) is 16.9. The van der Waals surface area contributed by atoms with Gasteiger partial charge in [-0.05, 0) is 41.8 Å². The van der Waals surface area contributed by atoms with Gasteiger partial charge in [0.2, 0.25) is 5.91 Å². The number of carbonyl (C=O) groups excluding carboxylic acids is 1. The Morgan fingerprint density at radius 1 is 1.23 bits per heavy atom. The number of hydrogen-bond acceptors (Lipinski definition) is 5. The molecule has 1 aromatic carbocycles. The zero-order valence-corrected chi connectivity index (χ0v) is 17.7. The quantitative estimate of drug-likeness (QED) is 0.650. The summed E-state index contributed by atoms with van der Waals surface area (Å²) in [7, 11) is 1.77. The Kier molecular flexibility index (Phi) is 6.67. The molecule has 2 N–H and O–H groups in total. The van der Waals surface area contributed by atoms with E-state index in [1.165, 1.54) is 10.9 Å². The maximum Gasteiger partial charge on any atom is 0.351 e. The van der Waals surface area contributed by atoms with Crippen LogP contribution >= 0.6 is 12.4 Å². The second-order valence-corrected chi connectivity index (χ2v) is 7.09. The van der Waals surface area contributed by atoms with Gasteiger partial charge in [-0.3, -0.25) is 4.79 Å². The monoisotopic (exact) mass is 444 g/mol. The summed E-state index contributed by atoms with van der Waals surface area (Å²) >= 11 is 0. The van der Waals surface area contributed by atoms with E-state index in [4.69, 9.17) is 5.73 Å². The number of nitrogens with two attached hydrogens (primary N) is 1. The highest BCUT2D eigenvalue weighted by molar-refractivity contribution is 5.96. The average molecular weight is 445 g/mol. The lowest BCUT2D eigenvalue weighted by Gasteiger charge is -2.26. The van der Waals surface area contributed by atoms with E-state index in [1.807, 2.05) is 30.3 Å². The molecule has 4 rings (SSSR count). The molecule has 0 unspecified atom stereocenters. The first kappa shape index (κ1) is 22.4. The van der Waals surface area contributed by atoms with Gasteiger partial charge < -0.3 is 10.6 Å². The van der Waals surface area contributed by atoms with E-state index in [9.17, 15) is 14.0 Å². The molecule has 0 bridgehead atoms. The smallest absolute Gasteiger partial charge is 0.327 e. The Morgan fingerprint density at radius 2 is 2.03 bits per heavy atom. The van der Waals surface area contributed by atoms with Gasteiger partial charge in [-0.1, -0.05) is 12.1 Å². The molecule has 2 aromatic heterocycles. The van der Waals surface area contributed by atoms with Gasteiger partial charge in [0.05, 0.1) is 18.6 Å². The number of hydrogen-bond donors (Lipinski definition) is 1. The topological polar surface area (TPSA) is 99.0 Å². The van der Waals surface area contributed by atoms with Crippen LogP contribution in [0.4, 0.5) is 10.1 Å². The molecule has 0 atom stereocenters. The number of halogens is 2. The molecule has 8 nitrogen and oxygen atoms in total. The van der Waals surface area contributed by atoms with E-state index in [2.05, 4.69) is 10.1 Å². The molecular formula is C21H22ClFN6O2. The molecule has 10 heteroatoms. The van der Waals surface area contributed by atoms with Crippen LogP contribution in [0.2, 0.25) is 0 Å². The summed E-state index contributed by atoms with van der Waals surface area (Å²) in [4.78, 5) is 30.8. The summed E-state index contributed by atoms with van der Waals surface area (Å²) < 4.78 is 15.2. The van der Waals surface area contributed by atoms with Gasteiger partial charge in [0, 0.05) is 31.3 Å². The van der Waals surface area contributed by atoms with Crippen LogP contribution in [0, 0.1) is 0 Å². The Bertz CT molecular complexity index is 1200. The highest BCUT2D eigenvalue weighted by Gasteiger charge is 2.21. The Hall–Kier alpha value is -3.30. The van der Waals surface area contributed by atoms with Crippen molar-refractivity contribution in [2.24, 2.45) is 5.73 Å². The van der Waals surface area contributed by atoms with Crippen LogP contribution in [0.5, 0.6) is 0 Å². The predicted octanol–water partition coefficient (Wildman–Crippen LogP) is 2.24. The first-order valence-corrected chi connectivity index (χ1v) is 9.51. The molecule has 1 aliphatic heterocycles. The van der Waals surface area contributed by atoms with Crippen LogP contribution < -0.4 is 16.3 Å². The predicted molar refractivity (Wildman–Crippen MR) is 118 cm³/mol. The lowest BCUT2D eigenvalue weighted by Crippen LogP contribution is -2.31. The van der Waals surface area contributed by atoms with Crippen LogP contribution in [0.15, 0.2) is 59.4 Å². The molecule has 0 fully saturated rings. The van der Waals surface area contributed by atoms with E-state index in [1.54, 1.807) is 18.0 Å². The summed E-state index contributed by atoms with van der Waals surface area (Å²) in [6, 6.07) is 11.2. The SMILES string of the molecule is CN1C(=O)CCc2cc(-c3cccc(-n4cnn(C/C(=C/F)CN)c4=O)n3)ccc21.Cl. The van der Waals surface area contributed by atoms with Crippen molar-refractivity contribution in [3.63, 3.8) is 0 Å². The lowest BCUT2D eigenvalue weighted by molar-refractivity contribution is -0.118. The summed E-state index contributed by atoms with van der Waals surface area (Å²) in [5.41, 5.74) is 8.86. The van der Waals surface area contributed by atoms with Crippen molar-refractivity contribution < 1.29 is 9.18 Å². The van der Waals surface area contributed by atoms with Crippen LogP contribution in [-0.2, 0) is 17.8 Å². The van der Waals surface area contributed by atoms with E-state index in [0.717, 1.165) is 21.5 Å². The second kappa shape index (κ2) is 9.23. The third kappa shape index (κ3) is 4.28. The molecule has 0 aliphatic carbocycles. The number of fused-ring (bicyclic) bond motifs is 1. The third-order valence-corrected chi connectivity index (χ3v) is 5.20. The standard InChI is InChI=1S/C21H21FN6O2.ClH/c1-26-18-7-5-15(9-16(18)6-8-20(26)29)17-3-2-4-19(25-17)27-13-24-28(21(27)30)12-14(10-22)11-23;/h2-5,7,9-10,13H,6,8,11-12,23H2,1H3;1H/b14-10+;. The molecule has 1 amide bonds. The number of rotatable bonds is 5. The molecule has 0 radical (unpaired) electrons. The van der Waals surface area contributed by atoms with Crippen molar-refractivity contribution in [2.75, 3.05) is 18.5 Å². The molecule has 3 heterocycles. The highest BCUT2D eigenvalue weighted by atomic mass is 35.5. The molecule has 0 spiro atoms. The first-order valence-electron chi connectivity index (χ1n) is 9.51. The number of aryl methyl sites for hydroxylation is 1. The fraction of sp³-hybridized carbons (Fsp3) is 0.238. The van der Waals surface area contributed by atoms with Crippen LogP contribution in [0.25, 0.3) is 17.1 Å². The summed E-state index contributed by atoms with van der Waals surface area (Å²) in [5, 5.41) is 4.03. The Balaban J connectivity index is 0.00000272. The number of nitrogens with zero attached hydrogens (tertiary/aromatic N) is 5. The number of amides is 1. The van der Waals surface area contributed by atoms with Crippen molar-refractivity contribution in [2.45, 2.75) is 19.4 Å². The number of benzene rings is 1. The van der Waals surface area contributed by atoms with Gasteiger partial charge in [-0.25, -0.2) is 23.4 Å². The maximum absolute atomic E-state index is 12.8. The van der Waals surface area contributed by atoms with Crippen molar-refractivity contribution in [3.8, 4) is 17.1 Å². The van der Waals surface area contributed by atoms with E-state index >= 15 is 0 Å². The fourth-order valence-corrected chi connectivity index (χ4v) is 3.47. The Labute approximate surface area is 184 Å². The van der Waals surface area contributed by atoms with E-state index in [0.29, 0.717) is 30.7 Å². The van der Waals surface area contributed by atoms with Gasteiger partial charge in [-0.15, -0.1) is 12.4 Å². The van der Waals surface area contributed by atoms with Gasteiger partial charge in [-0.2, -0.15) is 5.10 Å². The number of carbonyl (C=O) groups is 1. The van der Waals surface area contributed by atoms with Gasteiger partial charge >= 0.3 is 5.69 Å². The number of pyridine rings is 1. The van der Waals surface area contributed by atoms with Gasteiger partial charge in [0.25, 0.3) is 0 Å². The molecule has 0 saturated heterocycles. The van der Waals surface area contributed by atoms with Gasteiger partial charge in [0.1, 0.15) is 12.1 Å². The number of aromatic nitrogens is 4. The molecule has 162 valence electrons. The number of anilines is 1. The average Bonchev–Trinajstić information content (AvgIpc) is 3.14. The minimum atomic E-state index is -0.432. The molecular weight excluding hydrogens is 423 g/mol. The lowest BCUT2D eigenvalue weighted by atomic mass is 9.98. The zero-order chi connectivity index (χ0) is 21.3. The Morgan fingerprint density at radius 3 is 2.77 bits per heavy atom. The van der Waals surface area contributed by atoms with E-state index < -0.39 is 5.69 Å². The first-order chi connectivity index (χ1) is 14.5. The van der Waals surface area contributed by atoms with Crippen LogP contribution in [-0.4, -0.2) is 38.8 Å². The fourth-order valence-electron chi connectivity index (χ4n) is 3.47. The van der Waals surface area contributed by atoms with Crippen molar-refractivity contribution >= 4 is 24.0 Å². The van der Waals surface area contributed by atoms with E-state index in [-0.39, 0.29) is 37.0 Å². The molecule has 0 saturated carbocycles. The van der Waals surface area contributed by atoms with Gasteiger partial charge in [0.15, 0.2) is 0 Å². The summed E-state index contributed by atoms with van der Waals surface area (Å²) in [6.45, 7) is -0.0156.